The monoisotopic (exact) mass is 483 g/mol. The lowest BCUT2D eigenvalue weighted by Crippen LogP contribution is -2.44. The number of amides is 1. The number of ether oxygens (including phenoxy) is 2. The summed E-state index contributed by atoms with van der Waals surface area (Å²) in [7, 11) is 3.00. The van der Waals surface area contributed by atoms with Crippen molar-refractivity contribution in [3.63, 3.8) is 0 Å². The van der Waals surface area contributed by atoms with Gasteiger partial charge in [0.05, 0.1) is 41.7 Å². The second kappa shape index (κ2) is 7.82. The summed E-state index contributed by atoms with van der Waals surface area (Å²) < 4.78 is 12.1. The Morgan fingerprint density at radius 1 is 1.32 bits per heavy atom. The molecule has 2 N–H and O–H groups in total. The summed E-state index contributed by atoms with van der Waals surface area (Å²) in [6.45, 7) is 1.69. The minimum Gasteiger partial charge on any atom is -0.496 e. The number of hydrogen-bond donors (Lipinski definition) is 2. The molecule has 34 heavy (non-hydrogen) atoms. The van der Waals surface area contributed by atoms with Crippen molar-refractivity contribution in [2.45, 2.75) is 38.0 Å². The van der Waals surface area contributed by atoms with Crippen molar-refractivity contribution in [3.8, 4) is 17.1 Å². The van der Waals surface area contributed by atoms with Gasteiger partial charge in [0.15, 0.2) is 5.60 Å². The van der Waals surface area contributed by atoms with Crippen molar-refractivity contribution >= 4 is 34.4 Å². The minimum atomic E-state index is -1.91. The molecule has 0 unspecified atom stereocenters. The number of cyclic esters (lactones) is 1. The molecule has 0 radical (unpaired) electrons. The Morgan fingerprint density at radius 3 is 2.74 bits per heavy atom. The first-order chi connectivity index (χ1) is 16.3. The summed E-state index contributed by atoms with van der Waals surface area (Å²) in [4.78, 5) is 42.9. The Labute approximate surface area is 199 Å². The summed E-state index contributed by atoms with van der Waals surface area (Å²) in [6.07, 6.45) is 0.0575. The van der Waals surface area contributed by atoms with E-state index >= 15 is 0 Å². The predicted molar refractivity (Wildman–Crippen MR) is 124 cm³/mol. The number of rotatable bonds is 4. The van der Waals surface area contributed by atoms with Gasteiger partial charge in [-0.2, -0.15) is 0 Å². The van der Waals surface area contributed by atoms with E-state index in [1.165, 1.54) is 14.2 Å². The van der Waals surface area contributed by atoms with Crippen LogP contribution in [0.4, 0.5) is 0 Å². The van der Waals surface area contributed by atoms with Gasteiger partial charge in [-0.1, -0.05) is 6.92 Å². The number of nitrogens with zero attached hydrogens (tertiary/aromatic N) is 2. The molecule has 4 heterocycles. The molecule has 0 bridgehead atoms. The molecule has 3 aromatic rings. The van der Waals surface area contributed by atoms with E-state index in [-0.39, 0.29) is 48.0 Å². The van der Waals surface area contributed by atoms with E-state index in [0.29, 0.717) is 33.6 Å². The Kier molecular flexibility index (Phi) is 5.14. The van der Waals surface area contributed by atoms with E-state index in [0.717, 1.165) is 11.1 Å². The van der Waals surface area contributed by atoms with E-state index in [2.05, 4.69) is 5.32 Å². The number of nitrogens with one attached hydrogen (secondary N) is 1. The molecule has 176 valence electrons. The molecular formula is C24H22ClN3O6. The van der Waals surface area contributed by atoms with E-state index in [4.69, 9.17) is 26.1 Å². The fourth-order valence-electron chi connectivity index (χ4n) is 4.82. The molecule has 0 fully saturated rings. The van der Waals surface area contributed by atoms with Crippen LogP contribution in [0.2, 0.25) is 0 Å². The van der Waals surface area contributed by atoms with E-state index in [1.807, 2.05) is 0 Å². The van der Waals surface area contributed by atoms with Gasteiger partial charge >= 0.3 is 5.97 Å². The van der Waals surface area contributed by atoms with Crippen LogP contribution in [0.3, 0.4) is 0 Å². The number of methoxy groups -OCH3 is 1. The van der Waals surface area contributed by atoms with Crippen LogP contribution < -0.4 is 15.6 Å². The molecule has 9 nitrogen and oxygen atoms in total. The zero-order valence-electron chi connectivity index (χ0n) is 18.8. The Balaban J connectivity index is 1.82. The number of aliphatic hydroxyl groups is 1. The summed E-state index contributed by atoms with van der Waals surface area (Å²) in [5.74, 6) is -0.579. The number of alkyl halides is 1. The van der Waals surface area contributed by atoms with Crippen LogP contribution in [0.5, 0.6) is 5.75 Å². The lowest BCUT2D eigenvalue weighted by atomic mass is 9.86. The Hall–Kier alpha value is -3.43. The van der Waals surface area contributed by atoms with Crippen LogP contribution >= 0.6 is 11.6 Å². The topological polar surface area (TPSA) is 120 Å². The fourth-order valence-corrected chi connectivity index (χ4v) is 5.13. The van der Waals surface area contributed by atoms with Crippen molar-refractivity contribution < 1.29 is 24.2 Å². The molecule has 10 heteroatoms. The van der Waals surface area contributed by atoms with E-state index in [1.54, 1.807) is 29.7 Å². The maximum atomic E-state index is 13.4. The molecule has 0 saturated heterocycles. The van der Waals surface area contributed by atoms with Crippen molar-refractivity contribution in [2.75, 3.05) is 14.2 Å². The lowest BCUT2D eigenvalue weighted by Gasteiger charge is -2.31. The SMILES string of the molecule is CC[C@@]1(O)C(=O)OCc2c1cc1n(c2=O)Cc2c-1nc1cc(C(=O)NC)c(OC)cc1c2CCl. The minimum absolute atomic E-state index is 0.0575. The first-order valence-corrected chi connectivity index (χ1v) is 11.3. The number of fused-ring (bicyclic) bond motifs is 5. The fraction of sp³-hybridized carbons (Fsp3) is 0.333. The molecule has 0 saturated carbocycles. The highest BCUT2D eigenvalue weighted by atomic mass is 35.5. The van der Waals surface area contributed by atoms with E-state index in [9.17, 15) is 19.5 Å². The number of aromatic nitrogens is 2. The average molecular weight is 484 g/mol. The molecule has 5 rings (SSSR count). The molecule has 0 aliphatic carbocycles. The van der Waals surface area contributed by atoms with Crippen LogP contribution in [0, 0.1) is 0 Å². The first-order valence-electron chi connectivity index (χ1n) is 10.8. The quantitative estimate of drug-likeness (QED) is 0.337. The van der Waals surface area contributed by atoms with Crippen molar-refractivity contribution in [2.24, 2.45) is 0 Å². The highest BCUT2D eigenvalue weighted by Crippen LogP contribution is 2.41. The number of carbonyl (C=O) groups is 2. The molecule has 0 spiro atoms. The maximum Gasteiger partial charge on any atom is 0.343 e. The van der Waals surface area contributed by atoms with Crippen LogP contribution in [0.1, 0.15) is 46.0 Å². The summed E-state index contributed by atoms with van der Waals surface area (Å²) >= 11 is 6.37. The third-order valence-electron chi connectivity index (χ3n) is 6.73. The van der Waals surface area contributed by atoms with Gasteiger partial charge in [-0.15, -0.1) is 11.6 Å². The van der Waals surface area contributed by atoms with Crippen LogP contribution in [0.25, 0.3) is 22.3 Å². The van der Waals surface area contributed by atoms with Gasteiger partial charge < -0.3 is 24.5 Å². The molecule has 1 atom stereocenters. The number of halogens is 1. The van der Waals surface area contributed by atoms with Crippen LogP contribution in [0.15, 0.2) is 23.0 Å². The number of carbonyl (C=O) groups excluding carboxylic acids is 2. The molecular weight excluding hydrogens is 462 g/mol. The van der Waals surface area contributed by atoms with Crippen LogP contribution in [-0.2, 0) is 34.2 Å². The smallest absolute Gasteiger partial charge is 0.343 e. The van der Waals surface area contributed by atoms with Gasteiger partial charge in [0, 0.05) is 29.4 Å². The normalized spacial score (nSPS) is 18.2. The van der Waals surface area contributed by atoms with Crippen molar-refractivity contribution in [1.29, 1.82) is 0 Å². The van der Waals surface area contributed by atoms with Gasteiger partial charge in [-0.05, 0) is 30.2 Å². The zero-order chi connectivity index (χ0) is 24.4. The third-order valence-corrected chi connectivity index (χ3v) is 7.00. The largest absolute Gasteiger partial charge is 0.496 e. The Morgan fingerprint density at radius 2 is 2.09 bits per heavy atom. The van der Waals surface area contributed by atoms with Crippen molar-refractivity contribution in [3.05, 3.63) is 56.4 Å². The molecule has 2 aliphatic heterocycles. The number of pyridine rings is 2. The molecule has 1 aromatic carbocycles. The number of benzene rings is 1. The summed E-state index contributed by atoms with van der Waals surface area (Å²) in [5.41, 5.74) is 1.60. The predicted octanol–water partition coefficient (Wildman–Crippen LogP) is 2.19. The van der Waals surface area contributed by atoms with Gasteiger partial charge in [-0.3, -0.25) is 9.59 Å². The van der Waals surface area contributed by atoms with Gasteiger partial charge in [0.1, 0.15) is 12.4 Å². The molecule has 1 amide bonds. The summed E-state index contributed by atoms with van der Waals surface area (Å²) in [5, 5.41) is 14.3. The maximum absolute atomic E-state index is 13.4. The Bertz CT molecular complexity index is 1460. The second-order valence-electron chi connectivity index (χ2n) is 8.30. The van der Waals surface area contributed by atoms with E-state index < -0.39 is 11.6 Å². The van der Waals surface area contributed by atoms with Gasteiger partial charge in [-0.25, -0.2) is 9.78 Å². The second-order valence-corrected chi connectivity index (χ2v) is 8.57. The lowest BCUT2D eigenvalue weighted by molar-refractivity contribution is -0.172. The highest BCUT2D eigenvalue weighted by Gasteiger charge is 2.45. The molecule has 2 aromatic heterocycles. The summed E-state index contributed by atoms with van der Waals surface area (Å²) in [6, 6.07) is 5.00. The molecule has 2 aliphatic rings. The zero-order valence-corrected chi connectivity index (χ0v) is 19.6. The van der Waals surface area contributed by atoms with Gasteiger partial charge in [0.2, 0.25) is 0 Å². The van der Waals surface area contributed by atoms with Gasteiger partial charge in [0.25, 0.3) is 11.5 Å². The first kappa shape index (κ1) is 22.4. The standard InChI is InChI=1S/C24H22ClN3O6/c1-4-24(32)16-7-18-20-14(9-28(18)22(30)15(16)10-34-23(24)31)13(8-25)11-6-19(33-3)12(21(29)26-2)5-17(11)27-20/h5-7,32H,4,8-10H2,1-3H3,(H,26,29)/t24-/m0/s1. The number of esters is 1. The third kappa shape index (κ3) is 2.90. The number of hydrogen-bond acceptors (Lipinski definition) is 7. The highest BCUT2D eigenvalue weighted by molar-refractivity contribution is 6.18. The average Bonchev–Trinajstić information content (AvgIpc) is 3.22. The van der Waals surface area contributed by atoms with Crippen molar-refractivity contribution in [1.82, 2.24) is 14.9 Å². The van der Waals surface area contributed by atoms with Crippen LogP contribution in [-0.4, -0.2) is 40.7 Å².